The number of carboxylic acid groups (broad SMARTS) is 1. The van der Waals surface area contributed by atoms with Crippen molar-refractivity contribution >= 4 is 5.97 Å². The van der Waals surface area contributed by atoms with E-state index in [0.29, 0.717) is 18.4 Å². The highest BCUT2D eigenvalue weighted by Gasteiger charge is 2.32. The van der Waals surface area contributed by atoms with E-state index in [2.05, 4.69) is 0 Å². The van der Waals surface area contributed by atoms with Gasteiger partial charge in [-0.25, -0.2) is 4.79 Å². The summed E-state index contributed by atoms with van der Waals surface area (Å²) >= 11 is 0. The lowest BCUT2D eigenvalue weighted by Crippen LogP contribution is -2.34. The molecule has 0 bridgehead atoms. The van der Waals surface area contributed by atoms with Gasteiger partial charge in [-0.15, -0.1) is 0 Å². The van der Waals surface area contributed by atoms with Gasteiger partial charge in [-0.1, -0.05) is 0 Å². The summed E-state index contributed by atoms with van der Waals surface area (Å²) < 4.78 is 10.3. The Kier molecular flexibility index (Phi) is 3.06. The lowest BCUT2D eigenvalue weighted by atomic mass is 9.94. The second-order valence-electron chi connectivity index (χ2n) is 3.05. The maximum absolute atomic E-state index is 10.7. The molecule has 0 fully saturated rings. The quantitative estimate of drug-likeness (QED) is 0.672. The number of hydrogen-bond donors (Lipinski definition) is 1. The zero-order valence-corrected chi connectivity index (χ0v) is 7.87. The minimum absolute atomic E-state index is 0.370. The Morgan fingerprint density at radius 3 is 2.62 bits per heavy atom. The third-order valence-electron chi connectivity index (χ3n) is 2.33. The molecule has 1 N–H and O–H groups in total. The van der Waals surface area contributed by atoms with Gasteiger partial charge >= 0.3 is 5.97 Å². The van der Waals surface area contributed by atoms with E-state index in [1.165, 1.54) is 14.2 Å². The number of aliphatic carboxylic acids is 1. The maximum atomic E-state index is 10.7. The molecule has 0 saturated carbocycles. The van der Waals surface area contributed by atoms with E-state index in [0.717, 1.165) is 6.42 Å². The van der Waals surface area contributed by atoms with Gasteiger partial charge in [-0.3, -0.25) is 0 Å². The molecule has 0 aromatic rings. The standard InChI is InChI=1S/C9H14O4/c1-12-9(13-2)5-3-4-7(6-9)8(10)11/h6H,3-5H2,1-2H3,(H,10,11). The Morgan fingerprint density at radius 1 is 1.54 bits per heavy atom. The van der Waals surface area contributed by atoms with Crippen LogP contribution in [0.25, 0.3) is 0 Å². The molecule has 0 aromatic carbocycles. The Labute approximate surface area is 77.1 Å². The zero-order chi connectivity index (χ0) is 9.90. The van der Waals surface area contributed by atoms with Crippen LogP contribution in [-0.4, -0.2) is 31.1 Å². The van der Waals surface area contributed by atoms with Crippen LogP contribution < -0.4 is 0 Å². The minimum atomic E-state index is -0.891. The molecule has 0 unspecified atom stereocenters. The van der Waals surface area contributed by atoms with Crippen molar-refractivity contribution in [2.75, 3.05) is 14.2 Å². The zero-order valence-electron chi connectivity index (χ0n) is 7.87. The van der Waals surface area contributed by atoms with E-state index in [9.17, 15) is 4.79 Å². The second kappa shape index (κ2) is 3.89. The molecule has 0 saturated heterocycles. The number of carboxylic acids is 1. The van der Waals surface area contributed by atoms with E-state index < -0.39 is 11.8 Å². The van der Waals surface area contributed by atoms with Crippen LogP contribution in [0.4, 0.5) is 0 Å². The summed E-state index contributed by atoms with van der Waals surface area (Å²) in [5.74, 6) is -1.72. The van der Waals surface area contributed by atoms with Crippen molar-refractivity contribution in [3.8, 4) is 0 Å². The molecule has 0 radical (unpaired) electrons. The highest BCUT2D eigenvalue weighted by Crippen LogP contribution is 2.29. The van der Waals surface area contributed by atoms with Crippen molar-refractivity contribution in [2.45, 2.75) is 25.0 Å². The highest BCUT2D eigenvalue weighted by molar-refractivity contribution is 5.86. The van der Waals surface area contributed by atoms with Crippen molar-refractivity contribution in [3.63, 3.8) is 0 Å². The molecule has 0 amide bonds. The molecule has 1 aliphatic carbocycles. The van der Waals surface area contributed by atoms with Crippen LogP contribution >= 0.6 is 0 Å². The van der Waals surface area contributed by atoms with E-state index in [1.807, 2.05) is 0 Å². The van der Waals surface area contributed by atoms with Crippen LogP contribution in [-0.2, 0) is 14.3 Å². The maximum Gasteiger partial charge on any atom is 0.331 e. The van der Waals surface area contributed by atoms with Gasteiger partial charge in [0.05, 0.1) is 0 Å². The van der Waals surface area contributed by atoms with Crippen molar-refractivity contribution < 1.29 is 19.4 Å². The largest absolute Gasteiger partial charge is 0.478 e. The average molecular weight is 186 g/mol. The fourth-order valence-electron chi connectivity index (χ4n) is 1.51. The molecule has 13 heavy (non-hydrogen) atoms. The first-order valence-corrected chi connectivity index (χ1v) is 4.19. The van der Waals surface area contributed by atoms with Gasteiger partial charge in [0.2, 0.25) is 0 Å². The van der Waals surface area contributed by atoms with Crippen LogP contribution in [0.15, 0.2) is 11.6 Å². The molecule has 1 rings (SSSR count). The molecule has 0 spiro atoms. The summed E-state index contributed by atoms with van der Waals surface area (Å²) in [5.41, 5.74) is 0.370. The van der Waals surface area contributed by atoms with E-state index >= 15 is 0 Å². The molecule has 4 heteroatoms. The molecule has 0 heterocycles. The average Bonchev–Trinajstić information content (AvgIpc) is 2.18. The SMILES string of the molecule is COC1(OC)C=C(C(=O)O)CCC1. The lowest BCUT2D eigenvalue weighted by Gasteiger charge is -2.31. The van der Waals surface area contributed by atoms with Gasteiger partial charge in [-0.05, 0) is 18.9 Å². The molecule has 0 atom stereocenters. The number of ether oxygens (including phenoxy) is 2. The topological polar surface area (TPSA) is 55.8 Å². The first-order valence-electron chi connectivity index (χ1n) is 4.19. The lowest BCUT2D eigenvalue weighted by molar-refractivity contribution is -0.178. The third kappa shape index (κ3) is 2.08. The monoisotopic (exact) mass is 186 g/mol. The molecule has 1 aliphatic rings. The molecular formula is C9H14O4. The summed E-state index contributed by atoms with van der Waals surface area (Å²) in [5, 5.41) is 8.78. The minimum Gasteiger partial charge on any atom is -0.478 e. The van der Waals surface area contributed by atoms with Crippen LogP contribution in [0.1, 0.15) is 19.3 Å². The van der Waals surface area contributed by atoms with Gasteiger partial charge in [0, 0.05) is 26.2 Å². The van der Waals surface area contributed by atoms with Crippen molar-refractivity contribution in [2.24, 2.45) is 0 Å². The van der Waals surface area contributed by atoms with Gasteiger partial charge in [-0.2, -0.15) is 0 Å². The molecule has 0 aromatic heterocycles. The highest BCUT2D eigenvalue weighted by atomic mass is 16.7. The van der Waals surface area contributed by atoms with Crippen molar-refractivity contribution in [3.05, 3.63) is 11.6 Å². The fraction of sp³-hybridized carbons (Fsp3) is 0.667. The fourth-order valence-corrected chi connectivity index (χ4v) is 1.51. The molecule has 4 nitrogen and oxygen atoms in total. The number of rotatable bonds is 3. The van der Waals surface area contributed by atoms with Crippen molar-refractivity contribution in [1.29, 1.82) is 0 Å². The smallest absolute Gasteiger partial charge is 0.331 e. The van der Waals surface area contributed by atoms with E-state index in [4.69, 9.17) is 14.6 Å². The van der Waals surface area contributed by atoms with Crippen LogP contribution in [0.3, 0.4) is 0 Å². The summed E-state index contributed by atoms with van der Waals surface area (Å²) in [6.07, 6.45) is 3.62. The normalized spacial score (nSPS) is 20.9. The third-order valence-corrected chi connectivity index (χ3v) is 2.33. The predicted octanol–water partition coefficient (Wildman–Crippen LogP) is 1.17. The Morgan fingerprint density at radius 2 is 2.15 bits per heavy atom. The van der Waals surface area contributed by atoms with E-state index in [1.54, 1.807) is 6.08 Å². The summed E-state index contributed by atoms with van der Waals surface area (Å²) in [6.45, 7) is 0. The van der Waals surface area contributed by atoms with E-state index in [-0.39, 0.29) is 0 Å². The van der Waals surface area contributed by atoms with Gasteiger partial charge in [0.25, 0.3) is 0 Å². The molecular weight excluding hydrogens is 172 g/mol. The van der Waals surface area contributed by atoms with Gasteiger partial charge < -0.3 is 14.6 Å². The van der Waals surface area contributed by atoms with Crippen LogP contribution in [0.5, 0.6) is 0 Å². The summed E-state index contributed by atoms with van der Waals surface area (Å²) in [7, 11) is 3.04. The summed E-state index contributed by atoms with van der Waals surface area (Å²) in [4.78, 5) is 10.7. The first-order chi connectivity index (χ1) is 6.13. The van der Waals surface area contributed by atoms with Crippen molar-refractivity contribution in [1.82, 2.24) is 0 Å². The number of carbonyl (C=O) groups is 1. The Balaban J connectivity index is 2.88. The molecule has 0 aliphatic heterocycles. The summed E-state index contributed by atoms with van der Waals surface area (Å²) in [6, 6.07) is 0. The second-order valence-corrected chi connectivity index (χ2v) is 3.05. The predicted molar refractivity (Wildman–Crippen MR) is 46.3 cm³/mol. The number of methoxy groups -OCH3 is 2. The van der Waals surface area contributed by atoms with Crippen LogP contribution in [0, 0.1) is 0 Å². The number of hydrogen-bond acceptors (Lipinski definition) is 3. The van der Waals surface area contributed by atoms with Crippen LogP contribution in [0.2, 0.25) is 0 Å². The first kappa shape index (κ1) is 10.2. The van der Waals surface area contributed by atoms with Gasteiger partial charge in [0.15, 0.2) is 5.79 Å². The van der Waals surface area contributed by atoms with Gasteiger partial charge in [0.1, 0.15) is 0 Å². The Hall–Kier alpha value is -0.870. The molecule has 74 valence electrons. The Bertz CT molecular complexity index is 228.